The number of hydrogen-bond donors (Lipinski definition) is 3. The van der Waals surface area contributed by atoms with E-state index in [0.717, 1.165) is 18.2 Å². The fourth-order valence-corrected chi connectivity index (χ4v) is 2.82. The number of nitrogen functional groups attached to an aromatic ring is 1. The van der Waals surface area contributed by atoms with Crippen LogP contribution >= 0.6 is 11.6 Å². The quantitative estimate of drug-likeness (QED) is 0.554. The van der Waals surface area contributed by atoms with Crippen molar-refractivity contribution in [3.8, 4) is 23.3 Å². The standard InChI is InChI=1S/C20H17ClF3N5O2/c1-19(2,30)10-31-6-5-28-18-13(9-26)16(12(8-25)17(27)29-18)11-3-4-14(15(21)7-11)20(22,23)24/h3-7,30H,10H2,1-2H3,(H3,27,28,29)/b6-5+. The maximum Gasteiger partial charge on any atom is 0.417 e. The zero-order valence-electron chi connectivity index (χ0n) is 16.4. The van der Waals surface area contributed by atoms with Crippen LogP contribution in [0.25, 0.3) is 11.1 Å². The predicted octanol–water partition coefficient (Wildman–Crippen LogP) is 4.42. The highest BCUT2D eigenvalue weighted by Gasteiger charge is 2.33. The Morgan fingerprint density at radius 2 is 1.90 bits per heavy atom. The first-order chi connectivity index (χ1) is 14.4. The first-order valence-corrected chi connectivity index (χ1v) is 9.03. The molecule has 0 atom stereocenters. The molecule has 1 aromatic carbocycles. The van der Waals surface area contributed by atoms with E-state index in [4.69, 9.17) is 22.1 Å². The Balaban J connectivity index is 2.53. The monoisotopic (exact) mass is 451 g/mol. The summed E-state index contributed by atoms with van der Waals surface area (Å²) in [6, 6.07) is 6.56. The SMILES string of the molecule is CC(C)(O)CO/C=C/Nc1nc(N)c(C#N)c(-c2ccc(C(F)(F)F)c(Cl)c2)c1C#N. The van der Waals surface area contributed by atoms with Crippen molar-refractivity contribution in [2.24, 2.45) is 0 Å². The van der Waals surface area contributed by atoms with Crippen molar-refractivity contribution < 1.29 is 23.0 Å². The number of nitrogens with one attached hydrogen (secondary N) is 1. The summed E-state index contributed by atoms with van der Waals surface area (Å²) < 4.78 is 44.2. The maximum atomic E-state index is 13.0. The molecule has 0 saturated heterocycles. The molecule has 0 bridgehead atoms. The Kier molecular flexibility index (Phi) is 7.01. The number of benzene rings is 1. The van der Waals surface area contributed by atoms with Gasteiger partial charge in [0.15, 0.2) is 5.82 Å². The van der Waals surface area contributed by atoms with Gasteiger partial charge in [-0.05, 0) is 31.5 Å². The van der Waals surface area contributed by atoms with Crippen LogP contribution in [0.4, 0.5) is 24.8 Å². The smallest absolute Gasteiger partial charge is 0.417 e. The molecule has 0 radical (unpaired) electrons. The lowest BCUT2D eigenvalue weighted by Crippen LogP contribution is -2.24. The summed E-state index contributed by atoms with van der Waals surface area (Å²) >= 11 is 5.79. The van der Waals surface area contributed by atoms with Crippen molar-refractivity contribution in [1.82, 2.24) is 4.98 Å². The maximum absolute atomic E-state index is 13.0. The summed E-state index contributed by atoms with van der Waals surface area (Å²) in [6.07, 6.45) is -2.17. The van der Waals surface area contributed by atoms with E-state index < -0.39 is 22.4 Å². The molecule has 2 aromatic rings. The summed E-state index contributed by atoms with van der Waals surface area (Å²) in [4.78, 5) is 3.98. The van der Waals surface area contributed by atoms with Gasteiger partial charge in [-0.25, -0.2) is 4.98 Å². The van der Waals surface area contributed by atoms with E-state index in [2.05, 4.69) is 10.3 Å². The molecular weight excluding hydrogens is 435 g/mol. The fraction of sp³-hybridized carbons (Fsp3) is 0.250. The van der Waals surface area contributed by atoms with Crippen molar-refractivity contribution in [2.45, 2.75) is 25.6 Å². The zero-order valence-corrected chi connectivity index (χ0v) is 17.1. The number of pyridine rings is 1. The Bertz CT molecular complexity index is 1100. The Hall–Kier alpha value is -3.47. The predicted molar refractivity (Wildman–Crippen MR) is 109 cm³/mol. The van der Waals surface area contributed by atoms with Gasteiger partial charge in [0.1, 0.15) is 35.7 Å². The van der Waals surface area contributed by atoms with Crippen LogP contribution in [-0.4, -0.2) is 22.3 Å². The van der Waals surface area contributed by atoms with Gasteiger partial charge in [-0.2, -0.15) is 23.7 Å². The van der Waals surface area contributed by atoms with Crippen molar-refractivity contribution in [3.63, 3.8) is 0 Å². The van der Waals surface area contributed by atoms with Gasteiger partial charge in [0.25, 0.3) is 0 Å². The lowest BCUT2D eigenvalue weighted by atomic mass is 9.95. The third-order valence-corrected chi connectivity index (χ3v) is 4.15. The lowest BCUT2D eigenvalue weighted by Gasteiger charge is -2.16. The summed E-state index contributed by atoms with van der Waals surface area (Å²) in [5.41, 5.74) is 3.48. The number of aromatic nitrogens is 1. The highest BCUT2D eigenvalue weighted by atomic mass is 35.5. The van der Waals surface area contributed by atoms with Crippen molar-refractivity contribution in [2.75, 3.05) is 17.7 Å². The van der Waals surface area contributed by atoms with Crippen LogP contribution in [0, 0.1) is 22.7 Å². The van der Waals surface area contributed by atoms with Crippen LogP contribution < -0.4 is 11.1 Å². The minimum Gasteiger partial charge on any atom is -0.497 e. The molecule has 0 spiro atoms. The highest BCUT2D eigenvalue weighted by Crippen LogP contribution is 2.39. The summed E-state index contributed by atoms with van der Waals surface area (Å²) in [5.74, 6) is -0.283. The molecule has 0 aliphatic heterocycles. The van der Waals surface area contributed by atoms with E-state index in [0.29, 0.717) is 0 Å². The second-order valence-electron chi connectivity index (χ2n) is 6.96. The summed E-state index contributed by atoms with van der Waals surface area (Å²) in [7, 11) is 0. The molecule has 11 heteroatoms. The molecule has 4 N–H and O–H groups in total. The van der Waals surface area contributed by atoms with Gasteiger partial charge in [0.2, 0.25) is 0 Å². The van der Waals surface area contributed by atoms with Gasteiger partial charge >= 0.3 is 6.18 Å². The Labute approximate surface area is 181 Å². The van der Waals surface area contributed by atoms with Crippen molar-refractivity contribution in [3.05, 3.63) is 52.4 Å². The number of halogens is 4. The van der Waals surface area contributed by atoms with E-state index in [1.54, 1.807) is 13.8 Å². The van der Waals surface area contributed by atoms with E-state index in [-0.39, 0.29) is 40.5 Å². The number of ether oxygens (including phenoxy) is 1. The number of aliphatic hydroxyl groups is 1. The minimum absolute atomic E-state index is 0.00543. The molecule has 0 saturated carbocycles. The second kappa shape index (κ2) is 9.13. The van der Waals surface area contributed by atoms with E-state index in [9.17, 15) is 28.8 Å². The van der Waals surface area contributed by atoms with Gasteiger partial charge in [-0.3, -0.25) is 0 Å². The van der Waals surface area contributed by atoms with Crippen LogP contribution in [0.3, 0.4) is 0 Å². The molecule has 0 fully saturated rings. The van der Waals surface area contributed by atoms with Gasteiger partial charge in [0.05, 0.1) is 22.4 Å². The number of rotatable bonds is 6. The molecule has 162 valence electrons. The van der Waals surface area contributed by atoms with Crippen molar-refractivity contribution >= 4 is 23.2 Å². The Morgan fingerprint density at radius 3 is 2.42 bits per heavy atom. The molecule has 0 aliphatic rings. The number of alkyl halides is 3. The van der Waals surface area contributed by atoms with Crippen LogP contribution in [0.1, 0.15) is 30.5 Å². The highest BCUT2D eigenvalue weighted by molar-refractivity contribution is 6.31. The average molecular weight is 452 g/mol. The lowest BCUT2D eigenvalue weighted by molar-refractivity contribution is -0.137. The number of hydrogen-bond acceptors (Lipinski definition) is 7. The molecule has 7 nitrogen and oxygen atoms in total. The van der Waals surface area contributed by atoms with Crippen LogP contribution in [-0.2, 0) is 10.9 Å². The number of nitrogens with zero attached hydrogens (tertiary/aromatic N) is 3. The third-order valence-electron chi connectivity index (χ3n) is 3.83. The summed E-state index contributed by atoms with van der Waals surface area (Å²) in [5, 5.41) is 30.8. The van der Waals surface area contributed by atoms with Gasteiger partial charge in [0, 0.05) is 11.8 Å². The van der Waals surface area contributed by atoms with E-state index in [1.807, 2.05) is 12.1 Å². The third kappa shape index (κ3) is 5.79. The molecule has 1 heterocycles. The molecule has 2 rings (SSSR count). The second-order valence-corrected chi connectivity index (χ2v) is 7.36. The molecule has 1 aromatic heterocycles. The topological polar surface area (TPSA) is 128 Å². The van der Waals surface area contributed by atoms with E-state index in [1.165, 1.54) is 12.5 Å². The molecule has 0 aliphatic carbocycles. The molecule has 0 amide bonds. The molecular formula is C20H17ClF3N5O2. The normalized spacial score (nSPS) is 11.8. The van der Waals surface area contributed by atoms with Crippen molar-refractivity contribution in [1.29, 1.82) is 10.5 Å². The summed E-state index contributed by atoms with van der Waals surface area (Å²) in [6.45, 7) is 3.09. The Morgan fingerprint density at radius 1 is 1.26 bits per heavy atom. The fourth-order valence-electron chi connectivity index (χ4n) is 2.53. The largest absolute Gasteiger partial charge is 0.497 e. The number of anilines is 2. The van der Waals surface area contributed by atoms with E-state index >= 15 is 0 Å². The van der Waals surface area contributed by atoms with Crippen LogP contribution in [0.15, 0.2) is 30.7 Å². The van der Waals surface area contributed by atoms with Gasteiger partial charge < -0.3 is 20.9 Å². The van der Waals surface area contributed by atoms with Crippen LogP contribution in [0.2, 0.25) is 5.02 Å². The van der Waals surface area contributed by atoms with Gasteiger partial charge in [-0.1, -0.05) is 17.7 Å². The first-order valence-electron chi connectivity index (χ1n) is 8.65. The van der Waals surface area contributed by atoms with Crippen LogP contribution in [0.5, 0.6) is 0 Å². The molecule has 0 unspecified atom stereocenters. The molecule has 31 heavy (non-hydrogen) atoms. The van der Waals surface area contributed by atoms with Gasteiger partial charge in [-0.15, -0.1) is 0 Å². The number of nitrogens with two attached hydrogens (primary N) is 1. The average Bonchev–Trinajstić information content (AvgIpc) is 2.65. The minimum atomic E-state index is -4.66. The number of nitriles is 2. The first kappa shape index (κ1) is 23.8. The zero-order chi connectivity index (χ0) is 23.4.